The number of amides is 1. The minimum absolute atomic E-state index is 0.0314. The summed E-state index contributed by atoms with van der Waals surface area (Å²) in [4.78, 5) is 28.4. The predicted molar refractivity (Wildman–Crippen MR) is 72.2 cm³/mol. The molecule has 0 radical (unpaired) electrons. The highest BCUT2D eigenvalue weighted by Gasteiger charge is 2.33. The molecule has 0 saturated heterocycles. The maximum Gasteiger partial charge on any atom is 0.278 e. The lowest BCUT2D eigenvalue weighted by molar-refractivity contribution is -0.105. The highest BCUT2D eigenvalue weighted by Crippen LogP contribution is 2.29. The number of aromatic amines is 1. The normalized spacial score (nSPS) is 25.4. The first-order valence-electron chi connectivity index (χ1n) is 6.20. The van der Waals surface area contributed by atoms with Crippen molar-refractivity contribution >= 4 is 23.9 Å². The Morgan fingerprint density at radius 2 is 2.25 bits per heavy atom. The predicted octanol–water partition coefficient (Wildman–Crippen LogP) is -1.54. The standard InChI is InChI=1S/C11H17N5O4/c12-11-15-9(8(13-4-18)10(20)16-11)14-6-1-5(3-17)7(19)2-6/h4-7,17,19H,1-3H2,(H,13,18)(H4,12,14,15,16,20)/t5?,6-,7-/m1/s1. The first kappa shape index (κ1) is 14.3. The van der Waals surface area contributed by atoms with E-state index < -0.39 is 11.7 Å². The zero-order valence-electron chi connectivity index (χ0n) is 10.7. The summed E-state index contributed by atoms with van der Waals surface area (Å²) in [5.74, 6) is -0.144. The lowest BCUT2D eigenvalue weighted by Gasteiger charge is -2.15. The number of nitrogen functional groups attached to an aromatic ring is 1. The summed E-state index contributed by atoms with van der Waals surface area (Å²) in [5, 5.41) is 24.1. The molecule has 110 valence electrons. The van der Waals surface area contributed by atoms with Crippen LogP contribution in [0.3, 0.4) is 0 Å². The Kier molecular flexibility index (Phi) is 4.20. The lowest BCUT2D eigenvalue weighted by atomic mass is 10.1. The highest BCUT2D eigenvalue weighted by atomic mass is 16.3. The molecule has 1 saturated carbocycles. The third kappa shape index (κ3) is 2.89. The minimum atomic E-state index is -0.612. The Morgan fingerprint density at radius 3 is 2.85 bits per heavy atom. The third-order valence-electron chi connectivity index (χ3n) is 3.37. The molecule has 0 aromatic carbocycles. The van der Waals surface area contributed by atoms with E-state index in [-0.39, 0.29) is 36.0 Å². The summed E-state index contributed by atoms with van der Waals surface area (Å²) in [6.45, 7) is -0.107. The second kappa shape index (κ2) is 5.88. The average Bonchev–Trinajstić information content (AvgIpc) is 2.73. The van der Waals surface area contributed by atoms with E-state index in [1.807, 2.05) is 0 Å². The van der Waals surface area contributed by atoms with Crippen LogP contribution in [0.4, 0.5) is 17.5 Å². The summed E-state index contributed by atoms with van der Waals surface area (Å²) in [5.41, 5.74) is 4.87. The van der Waals surface area contributed by atoms with Crippen LogP contribution in [0.15, 0.2) is 4.79 Å². The number of nitrogens with zero attached hydrogens (tertiary/aromatic N) is 1. The van der Waals surface area contributed by atoms with Crippen LogP contribution < -0.4 is 21.9 Å². The molecule has 20 heavy (non-hydrogen) atoms. The van der Waals surface area contributed by atoms with Crippen molar-refractivity contribution in [1.29, 1.82) is 0 Å². The van der Waals surface area contributed by atoms with E-state index in [0.29, 0.717) is 19.3 Å². The largest absolute Gasteiger partial charge is 0.396 e. The van der Waals surface area contributed by atoms with Gasteiger partial charge in [0, 0.05) is 18.6 Å². The fraction of sp³-hybridized carbons (Fsp3) is 0.545. The average molecular weight is 283 g/mol. The Hall–Kier alpha value is -2.13. The second-order valence-electron chi connectivity index (χ2n) is 4.76. The summed E-state index contributed by atoms with van der Waals surface area (Å²) < 4.78 is 0. The van der Waals surface area contributed by atoms with Crippen molar-refractivity contribution in [2.75, 3.05) is 23.0 Å². The first-order chi connectivity index (χ1) is 9.55. The van der Waals surface area contributed by atoms with Gasteiger partial charge in [-0.15, -0.1) is 0 Å². The van der Waals surface area contributed by atoms with Gasteiger partial charge in [-0.2, -0.15) is 4.98 Å². The van der Waals surface area contributed by atoms with Crippen LogP contribution >= 0.6 is 0 Å². The molecule has 2 rings (SSSR count). The zero-order chi connectivity index (χ0) is 14.7. The maximum absolute atomic E-state index is 11.7. The number of hydrogen-bond acceptors (Lipinski definition) is 7. The second-order valence-corrected chi connectivity index (χ2v) is 4.76. The van der Waals surface area contributed by atoms with Gasteiger partial charge in [-0.05, 0) is 12.8 Å². The number of carbonyl (C=O) groups excluding carboxylic acids is 1. The number of aromatic nitrogens is 2. The van der Waals surface area contributed by atoms with Crippen LogP contribution in [0.1, 0.15) is 12.8 Å². The molecular weight excluding hydrogens is 266 g/mol. The van der Waals surface area contributed by atoms with Crippen molar-refractivity contribution in [2.45, 2.75) is 25.0 Å². The molecule has 0 aliphatic heterocycles. The zero-order valence-corrected chi connectivity index (χ0v) is 10.7. The molecule has 9 heteroatoms. The number of aliphatic hydroxyl groups is 2. The van der Waals surface area contributed by atoms with Crippen LogP contribution in [-0.4, -0.2) is 45.3 Å². The molecule has 1 aromatic rings. The Bertz CT molecular complexity index is 546. The molecule has 1 aliphatic carbocycles. The molecular formula is C11H17N5O4. The van der Waals surface area contributed by atoms with Crippen LogP contribution in [0.2, 0.25) is 0 Å². The number of nitrogens with one attached hydrogen (secondary N) is 3. The van der Waals surface area contributed by atoms with Gasteiger partial charge in [0.2, 0.25) is 12.4 Å². The van der Waals surface area contributed by atoms with E-state index in [4.69, 9.17) is 10.8 Å². The van der Waals surface area contributed by atoms with Crippen LogP contribution in [0, 0.1) is 5.92 Å². The van der Waals surface area contributed by atoms with Crippen molar-refractivity contribution in [1.82, 2.24) is 9.97 Å². The highest BCUT2D eigenvalue weighted by molar-refractivity contribution is 5.78. The van der Waals surface area contributed by atoms with Gasteiger partial charge in [-0.3, -0.25) is 14.6 Å². The van der Waals surface area contributed by atoms with Gasteiger partial charge < -0.3 is 26.6 Å². The molecule has 1 amide bonds. The fourth-order valence-corrected chi connectivity index (χ4v) is 2.40. The first-order valence-corrected chi connectivity index (χ1v) is 6.20. The number of aliphatic hydroxyl groups excluding tert-OH is 2. The van der Waals surface area contributed by atoms with E-state index in [9.17, 15) is 14.7 Å². The molecule has 0 spiro atoms. The minimum Gasteiger partial charge on any atom is -0.396 e. The smallest absolute Gasteiger partial charge is 0.278 e. The number of anilines is 3. The molecule has 1 aromatic heterocycles. The summed E-state index contributed by atoms with van der Waals surface area (Å²) in [6.07, 6.45) is 0.708. The Labute approximate surface area is 114 Å². The molecule has 3 atom stereocenters. The molecule has 7 N–H and O–H groups in total. The van der Waals surface area contributed by atoms with E-state index in [1.165, 1.54) is 0 Å². The topological polar surface area (TPSA) is 153 Å². The quantitative estimate of drug-likeness (QED) is 0.358. The maximum atomic E-state index is 11.7. The van der Waals surface area contributed by atoms with Crippen LogP contribution in [0.5, 0.6) is 0 Å². The molecule has 1 fully saturated rings. The van der Waals surface area contributed by atoms with Crippen LogP contribution in [0.25, 0.3) is 0 Å². The van der Waals surface area contributed by atoms with Crippen molar-refractivity contribution < 1.29 is 15.0 Å². The van der Waals surface area contributed by atoms with Gasteiger partial charge in [0.25, 0.3) is 5.56 Å². The van der Waals surface area contributed by atoms with Crippen molar-refractivity contribution in [2.24, 2.45) is 5.92 Å². The SMILES string of the molecule is Nc1nc(N[C@@H]2CC(CO)[C@H](O)C2)c(NC=O)c(=O)[nH]1. The van der Waals surface area contributed by atoms with Crippen LogP contribution in [-0.2, 0) is 4.79 Å². The van der Waals surface area contributed by atoms with Gasteiger partial charge in [-0.25, -0.2) is 0 Å². The van der Waals surface area contributed by atoms with Gasteiger partial charge in [-0.1, -0.05) is 0 Å². The summed E-state index contributed by atoms with van der Waals surface area (Å²) in [7, 11) is 0. The van der Waals surface area contributed by atoms with Crippen molar-refractivity contribution in [3.8, 4) is 0 Å². The number of carbonyl (C=O) groups is 1. The van der Waals surface area contributed by atoms with E-state index in [0.717, 1.165) is 0 Å². The Morgan fingerprint density at radius 1 is 1.50 bits per heavy atom. The molecule has 1 unspecified atom stereocenters. The van der Waals surface area contributed by atoms with E-state index in [1.54, 1.807) is 0 Å². The number of nitrogens with two attached hydrogens (primary N) is 1. The lowest BCUT2D eigenvalue weighted by Crippen LogP contribution is -2.24. The molecule has 1 aliphatic rings. The molecule has 1 heterocycles. The third-order valence-corrected chi connectivity index (χ3v) is 3.37. The van der Waals surface area contributed by atoms with E-state index >= 15 is 0 Å². The monoisotopic (exact) mass is 283 g/mol. The van der Waals surface area contributed by atoms with E-state index in [2.05, 4.69) is 20.6 Å². The van der Waals surface area contributed by atoms with Gasteiger partial charge in [0.15, 0.2) is 5.82 Å². The summed E-state index contributed by atoms with van der Waals surface area (Å²) >= 11 is 0. The van der Waals surface area contributed by atoms with Gasteiger partial charge in [0.1, 0.15) is 5.69 Å². The van der Waals surface area contributed by atoms with Crippen molar-refractivity contribution in [3.05, 3.63) is 10.4 Å². The molecule has 9 nitrogen and oxygen atoms in total. The number of hydrogen-bond donors (Lipinski definition) is 6. The summed E-state index contributed by atoms with van der Waals surface area (Å²) in [6, 6.07) is -0.164. The van der Waals surface area contributed by atoms with Crippen molar-refractivity contribution in [3.63, 3.8) is 0 Å². The fourth-order valence-electron chi connectivity index (χ4n) is 2.40. The Balaban J connectivity index is 2.21. The van der Waals surface area contributed by atoms with Gasteiger partial charge >= 0.3 is 0 Å². The number of rotatable bonds is 5. The molecule has 0 bridgehead atoms. The van der Waals surface area contributed by atoms with Gasteiger partial charge in [0.05, 0.1) is 6.10 Å². The number of H-pyrrole nitrogens is 1.